The second kappa shape index (κ2) is 3.57. The van der Waals surface area contributed by atoms with Crippen molar-refractivity contribution >= 4 is 11.6 Å². The fraction of sp³-hybridized carbons (Fsp3) is 0.583. The summed E-state index contributed by atoms with van der Waals surface area (Å²) < 4.78 is 1.65. The highest BCUT2D eigenvalue weighted by Crippen LogP contribution is 2.27. The molecule has 1 N–H and O–H groups in total. The molecule has 3 heterocycles. The number of nitrogens with zero attached hydrogens (tertiary/aromatic N) is 4. The van der Waals surface area contributed by atoms with Crippen LogP contribution in [0.25, 0.3) is 5.65 Å². The SMILES string of the molecule is O=c1[nH]nc2c3c(nc(N4CCCC4)n12)CCC3. The first-order chi connectivity index (χ1) is 8.84. The third-order valence-corrected chi connectivity index (χ3v) is 3.95. The normalized spacial score (nSPS) is 18.8. The van der Waals surface area contributed by atoms with Crippen molar-refractivity contribution in [1.29, 1.82) is 0 Å². The number of aromatic amines is 1. The minimum atomic E-state index is -0.172. The Morgan fingerprint density at radius 1 is 1.11 bits per heavy atom. The molecule has 1 fully saturated rings. The molecule has 0 amide bonds. The van der Waals surface area contributed by atoms with Gasteiger partial charge in [-0.25, -0.2) is 19.3 Å². The Hall–Kier alpha value is -1.85. The molecule has 94 valence electrons. The van der Waals surface area contributed by atoms with Crippen LogP contribution >= 0.6 is 0 Å². The van der Waals surface area contributed by atoms with E-state index in [0.717, 1.165) is 55.2 Å². The lowest BCUT2D eigenvalue weighted by molar-refractivity contribution is 0.843. The summed E-state index contributed by atoms with van der Waals surface area (Å²) in [4.78, 5) is 18.9. The average Bonchev–Trinajstić information content (AvgIpc) is 3.06. The van der Waals surface area contributed by atoms with E-state index in [0.29, 0.717) is 0 Å². The molecule has 0 atom stereocenters. The first-order valence-electron chi connectivity index (χ1n) is 6.58. The van der Waals surface area contributed by atoms with Gasteiger partial charge < -0.3 is 4.90 Å². The number of rotatable bonds is 1. The highest BCUT2D eigenvalue weighted by atomic mass is 16.1. The maximum absolute atomic E-state index is 11.9. The van der Waals surface area contributed by atoms with Gasteiger partial charge in [0, 0.05) is 18.7 Å². The summed E-state index contributed by atoms with van der Waals surface area (Å²) in [5, 5.41) is 6.74. The smallest absolute Gasteiger partial charge is 0.342 e. The van der Waals surface area contributed by atoms with E-state index >= 15 is 0 Å². The van der Waals surface area contributed by atoms with Gasteiger partial charge in [0.1, 0.15) is 0 Å². The van der Waals surface area contributed by atoms with Gasteiger partial charge in [0.05, 0.1) is 5.69 Å². The molecule has 2 aromatic rings. The van der Waals surface area contributed by atoms with Crippen LogP contribution in [0.3, 0.4) is 0 Å². The standard InChI is InChI=1S/C12H15N5O/c18-12-15-14-10-8-4-3-5-9(8)13-11(17(10)12)16-6-1-2-7-16/h1-7H2,(H,15,18). The van der Waals surface area contributed by atoms with Crippen LogP contribution in [0.1, 0.15) is 30.5 Å². The zero-order valence-corrected chi connectivity index (χ0v) is 10.1. The second-order valence-corrected chi connectivity index (χ2v) is 5.07. The van der Waals surface area contributed by atoms with Crippen LogP contribution in [-0.2, 0) is 12.8 Å². The first kappa shape index (κ1) is 10.1. The molecule has 6 nitrogen and oxygen atoms in total. The van der Waals surface area contributed by atoms with Crippen LogP contribution < -0.4 is 10.6 Å². The summed E-state index contributed by atoms with van der Waals surface area (Å²) in [6.45, 7) is 1.97. The summed E-state index contributed by atoms with van der Waals surface area (Å²) in [7, 11) is 0. The van der Waals surface area contributed by atoms with Gasteiger partial charge in [0.25, 0.3) is 0 Å². The monoisotopic (exact) mass is 245 g/mol. The Balaban J connectivity index is 2.03. The Morgan fingerprint density at radius 2 is 1.94 bits per heavy atom. The lowest BCUT2D eigenvalue weighted by Gasteiger charge is -2.18. The number of H-pyrrole nitrogens is 1. The molecule has 1 aliphatic carbocycles. The summed E-state index contributed by atoms with van der Waals surface area (Å²) in [6.07, 6.45) is 5.45. The Kier molecular flexibility index (Phi) is 2.00. The lowest BCUT2D eigenvalue weighted by atomic mass is 10.2. The molecule has 6 heteroatoms. The van der Waals surface area contributed by atoms with Gasteiger partial charge in [-0.05, 0) is 32.1 Å². The highest BCUT2D eigenvalue weighted by Gasteiger charge is 2.25. The number of nitrogens with one attached hydrogen (secondary N) is 1. The largest absolute Gasteiger partial charge is 0.350 e. The molecule has 2 aromatic heterocycles. The van der Waals surface area contributed by atoms with E-state index in [-0.39, 0.29) is 5.69 Å². The molecule has 2 aliphatic rings. The minimum Gasteiger partial charge on any atom is -0.342 e. The Morgan fingerprint density at radius 3 is 2.78 bits per heavy atom. The number of anilines is 1. The van der Waals surface area contributed by atoms with Crippen LogP contribution in [0.2, 0.25) is 0 Å². The predicted molar refractivity (Wildman–Crippen MR) is 67.1 cm³/mol. The van der Waals surface area contributed by atoms with Gasteiger partial charge in [-0.3, -0.25) is 0 Å². The predicted octanol–water partition coefficient (Wildman–Crippen LogP) is 0.506. The molecule has 0 unspecified atom stereocenters. The molecule has 18 heavy (non-hydrogen) atoms. The molecular formula is C12H15N5O. The summed E-state index contributed by atoms with van der Waals surface area (Å²) in [6, 6.07) is 0. The van der Waals surface area contributed by atoms with Crippen LogP contribution in [0.5, 0.6) is 0 Å². The van der Waals surface area contributed by atoms with E-state index in [1.165, 1.54) is 12.8 Å². The fourth-order valence-corrected chi connectivity index (χ4v) is 3.08. The molecule has 1 saturated heterocycles. The van der Waals surface area contributed by atoms with Gasteiger partial charge in [0.2, 0.25) is 5.95 Å². The first-order valence-corrected chi connectivity index (χ1v) is 6.58. The van der Waals surface area contributed by atoms with Gasteiger partial charge in [-0.1, -0.05) is 0 Å². The van der Waals surface area contributed by atoms with Crippen LogP contribution in [0.15, 0.2) is 4.79 Å². The third-order valence-electron chi connectivity index (χ3n) is 3.95. The van der Waals surface area contributed by atoms with Crippen molar-refractivity contribution in [2.24, 2.45) is 0 Å². The van der Waals surface area contributed by atoms with Crippen molar-refractivity contribution in [3.63, 3.8) is 0 Å². The molecule has 4 rings (SSSR count). The topological polar surface area (TPSA) is 66.3 Å². The van der Waals surface area contributed by atoms with Gasteiger partial charge >= 0.3 is 5.69 Å². The number of hydrogen-bond acceptors (Lipinski definition) is 4. The maximum Gasteiger partial charge on any atom is 0.350 e. The Bertz CT molecular complexity index is 665. The van der Waals surface area contributed by atoms with Crippen molar-refractivity contribution in [2.45, 2.75) is 32.1 Å². The second-order valence-electron chi connectivity index (χ2n) is 5.07. The summed E-state index contributed by atoms with van der Waals surface area (Å²) >= 11 is 0. The van der Waals surface area contributed by atoms with E-state index in [1.54, 1.807) is 4.40 Å². The van der Waals surface area contributed by atoms with Crippen molar-refractivity contribution in [2.75, 3.05) is 18.0 Å². The van der Waals surface area contributed by atoms with Crippen molar-refractivity contribution in [1.82, 2.24) is 19.6 Å². The molecule has 0 bridgehead atoms. The van der Waals surface area contributed by atoms with Gasteiger partial charge in [-0.2, -0.15) is 5.10 Å². The fourth-order valence-electron chi connectivity index (χ4n) is 3.08. The van der Waals surface area contributed by atoms with E-state index < -0.39 is 0 Å². The van der Waals surface area contributed by atoms with Crippen molar-refractivity contribution in [3.05, 3.63) is 21.7 Å². The minimum absolute atomic E-state index is 0.172. The van der Waals surface area contributed by atoms with Crippen LogP contribution in [0.4, 0.5) is 5.95 Å². The summed E-state index contributed by atoms with van der Waals surface area (Å²) in [5.74, 6) is 0.780. The number of fused-ring (bicyclic) bond motifs is 3. The van der Waals surface area contributed by atoms with Crippen molar-refractivity contribution in [3.8, 4) is 0 Å². The quantitative estimate of drug-likeness (QED) is 0.794. The van der Waals surface area contributed by atoms with E-state index in [1.807, 2.05) is 0 Å². The third kappa shape index (κ3) is 1.26. The van der Waals surface area contributed by atoms with E-state index in [2.05, 4.69) is 15.1 Å². The maximum atomic E-state index is 11.9. The van der Waals surface area contributed by atoms with Crippen LogP contribution in [0, 0.1) is 0 Å². The molecule has 0 aromatic carbocycles. The van der Waals surface area contributed by atoms with E-state index in [4.69, 9.17) is 4.98 Å². The number of hydrogen-bond donors (Lipinski definition) is 1. The van der Waals surface area contributed by atoms with Gasteiger partial charge in [0.15, 0.2) is 5.65 Å². The summed E-state index contributed by atoms with van der Waals surface area (Å²) in [5.41, 5.74) is 2.89. The van der Waals surface area contributed by atoms with Gasteiger partial charge in [-0.15, -0.1) is 0 Å². The average molecular weight is 245 g/mol. The number of aryl methyl sites for hydroxylation is 2. The van der Waals surface area contributed by atoms with E-state index in [9.17, 15) is 4.79 Å². The molecule has 1 aliphatic heterocycles. The highest BCUT2D eigenvalue weighted by molar-refractivity contribution is 5.56. The zero-order chi connectivity index (χ0) is 12.1. The molecule has 0 radical (unpaired) electrons. The molecule has 0 saturated carbocycles. The van der Waals surface area contributed by atoms with Crippen molar-refractivity contribution < 1.29 is 0 Å². The lowest BCUT2D eigenvalue weighted by Crippen LogP contribution is -2.26. The molecule has 0 spiro atoms. The Labute approximate surface area is 104 Å². The molecular weight excluding hydrogens is 230 g/mol. The van der Waals surface area contributed by atoms with Crippen LogP contribution in [-0.4, -0.2) is 32.7 Å². The zero-order valence-electron chi connectivity index (χ0n) is 10.1. The number of aromatic nitrogens is 4.